The fourth-order valence-electron chi connectivity index (χ4n) is 4.80. The third-order valence-electron chi connectivity index (χ3n) is 6.33. The number of aromatic nitrogens is 1. The van der Waals surface area contributed by atoms with Gasteiger partial charge in [-0.05, 0) is 44.4 Å². The lowest BCUT2D eigenvalue weighted by Crippen LogP contribution is -2.50. The van der Waals surface area contributed by atoms with Crippen molar-refractivity contribution >= 4 is 5.97 Å². The van der Waals surface area contributed by atoms with E-state index in [0.29, 0.717) is 24.3 Å². The summed E-state index contributed by atoms with van der Waals surface area (Å²) in [7, 11) is 2.79. The Labute approximate surface area is 195 Å². The van der Waals surface area contributed by atoms with Gasteiger partial charge in [0.2, 0.25) is 0 Å². The monoisotopic (exact) mass is 478 g/mol. The fraction of sp³-hybridized carbons (Fsp3) is 0.500. The van der Waals surface area contributed by atoms with Crippen molar-refractivity contribution in [2.45, 2.75) is 51.3 Å². The largest absolute Gasteiger partial charge is 0.490 e. The van der Waals surface area contributed by atoms with Crippen LogP contribution in [-0.2, 0) is 9.47 Å². The number of halogens is 2. The first-order chi connectivity index (χ1) is 16.2. The Balaban J connectivity index is 1.90. The minimum atomic E-state index is -3.05. The highest BCUT2D eigenvalue weighted by molar-refractivity contribution is 5.89. The molecule has 1 unspecified atom stereocenters. The molecule has 10 heteroatoms. The van der Waals surface area contributed by atoms with Crippen molar-refractivity contribution in [1.82, 2.24) is 4.68 Å². The van der Waals surface area contributed by atoms with Gasteiger partial charge in [-0.15, -0.1) is 0 Å². The van der Waals surface area contributed by atoms with E-state index >= 15 is 0 Å². The Kier molecular flexibility index (Phi) is 6.53. The number of esters is 1. The lowest BCUT2D eigenvalue weighted by molar-refractivity contribution is -0.0515. The SMILES string of the molecule is COCCCOc1cc2c(cc1OC(F)F)-c1cc(=O)c(C(=O)OC)cn1N1C2CCC1(C)C. The average Bonchev–Trinajstić information content (AvgIpc) is 3.11. The zero-order valence-corrected chi connectivity index (χ0v) is 19.6. The second kappa shape index (κ2) is 9.25. The minimum absolute atomic E-state index is 0.0988. The molecule has 0 spiro atoms. The minimum Gasteiger partial charge on any atom is -0.490 e. The van der Waals surface area contributed by atoms with Gasteiger partial charge >= 0.3 is 12.6 Å². The first-order valence-electron chi connectivity index (χ1n) is 11.1. The molecular formula is C24H28F2N2O6. The summed E-state index contributed by atoms with van der Waals surface area (Å²) < 4.78 is 48.6. The molecule has 3 heterocycles. The normalized spacial score (nSPS) is 17.7. The molecule has 1 atom stereocenters. The maximum Gasteiger partial charge on any atom is 0.387 e. The Morgan fingerprint density at radius 3 is 2.62 bits per heavy atom. The van der Waals surface area contributed by atoms with Crippen LogP contribution in [0.5, 0.6) is 11.5 Å². The van der Waals surface area contributed by atoms with Crippen LogP contribution in [0, 0.1) is 0 Å². The molecule has 0 saturated carbocycles. The number of hydrogen-bond donors (Lipinski definition) is 0. The van der Waals surface area contributed by atoms with Crippen molar-refractivity contribution in [3.63, 3.8) is 0 Å². The van der Waals surface area contributed by atoms with E-state index in [9.17, 15) is 18.4 Å². The predicted molar refractivity (Wildman–Crippen MR) is 120 cm³/mol. The highest BCUT2D eigenvalue weighted by Crippen LogP contribution is 2.50. The van der Waals surface area contributed by atoms with E-state index in [1.807, 2.05) is 0 Å². The summed E-state index contributed by atoms with van der Waals surface area (Å²) in [5, 5.41) is 2.11. The van der Waals surface area contributed by atoms with Gasteiger partial charge in [-0.3, -0.25) is 14.5 Å². The number of methoxy groups -OCH3 is 2. The topological polar surface area (TPSA) is 79.2 Å². The second-order valence-electron chi connectivity index (χ2n) is 8.94. The fourth-order valence-corrected chi connectivity index (χ4v) is 4.80. The van der Waals surface area contributed by atoms with Gasteiger partial charge in [0.05, 0.1) is 31.0 Å². The van der Waals surface area contributed by atoms with Crippen molar-refractivity contribution in [2.75, 3.05) is 32.4 Å². The number of hydrogen-bond acceptors (Lipinski definition) is 7. The molecule has 2 aliphatic heterocycles. The van der Waals surface area contributed by atoms with E-state index < -0.39 is 18.0 Å². The summed E-state index contributed by atoms with van der Waals surface area (Å²) in [6.07, 6.45) is 3.68. The number of carbonyl (C=O) groups excluding carboxylic acids is 1. The lowest BCUT2D eigenvalue weighted by atomic mass is 9.93. The van der Waals surface area contributed by atoms with Crippen molar-refractivity contribution in [1.29, 1.82) is 0 Å². The molecule has 0 bridgehead atoms. The molecule has 8 nitrogen and oxygen atoms in total. The van der Waals surface area contributed by atoms with Gasteiger partial charge < -0.3 is 18.9 Å². The van der Waals surface area contributed by atoms with Gasteiger partial charge in [-0.2, -0.15) is 8.78 Å². The van der Waals surface area contributed by atoms with Crippen LogP contribution in [0.2, 0.25) is 0 Å². The van der Waals surface area contributed by atoms with Crippen LogP contribution >= 0.6 is 0 Å². The summed E-state index contributed by atoms with van der Waals surface area (Å²) in [5.74, 6) is -0.643. The van der Waals surface area contributed by atoms with Crippen LogP contribution < -0.4 is 19.9 Å². The Morgan fingerprint density at radius 2 is 1.94 bits per heavy atom. The third-order valence-corrected chi connectivity index (χ3v) is 6.33. The maximum atomic E-state index is 13.2. The molecular weight excluding hydrogens is 450 g/mol. The molecule has 1 aromatic heterocycles. The molecule has 1 aromatic carbocycles. The van der Waals surface area contributed by atoms with E-state index in [0.717, 1.165) is 18.4 Å². The first-order valence-corrected chi connectivity index (χ1v) is 11.1. The third kappa shape index (κ3) is 4.22. The van der Waals surface area contributed by atoms with Gasteiger partial charge in [-0.1, -0.05) is 0 Å². The Morgan fingerprint density at radius 1 is 1.18 bits per heavy atom. The van der Waals surface area contributed by atoms with Crippen molar-refractivity contribution in [3.8, 4) is 22.8 Å². The molecule has 2 aliphatic rings. The maximum absolute atomic E-state index is 13.2. The molecule has 0 amide bonds. The smallest absolute Gasteiger partial charge is 0.387 e. The first kappa shape index (κ1) is 24.0. The Bertz CT molecular complexity index is 1150. The van der Waals surface area contributed by atoms with Gasteiger partial charge in [0.1, 0.15) is 5.56 Å². The Hall–Kier alpha value is -3.14. The molecule has 0 radical (unpaired) electrons. The van der Waals surface area contributed by atoms with Gasteiger partial charge in [0.15, 0.2) is 16.9 Å². The second-order valence-corrected chi connectivity index (χ2v) is 8.94. The van der Waals surface area contributed by atoms with Crippen molar-refractivity contribution in [3.05, 3.63) is 45.7 Å². The van der Waals surface area contributed by atoms with E-state index in [1.165, 1.54) is 25.4 Å². The molecule has 184 valence electrons. The van der Waals surface area contributed by atoms with Gasteiger partial charge in [0.25, 0.3) is 0 Å². The van der Waals surface area contributed by atoms with Crippen LogP contribution in [0.15, 0.2) is 29.2 Å². The quantitative estimate of drug-likeness (QED) is 0.421. The number of alkyl halides is 2. The number of rotatable bonds is 8. The number of fused-ring (bicyclic) bond motifs is 6. The van der Waals surface area contributed by atoms with Crippen LogP contribution in [-0.4, -0.2) is 50.2 Å². The summed E-state index contributed by atoms with van der Waals surface area (Å²) >= 11 is 0. The molecule has 34 heavy (non-hydrogen) atoms. The molecule has 0 aliphatic carbocycles. The van der Waals surface area contributed by atoms with Gasteiger partial charge in [0, 0.05) is 38.0 Å². The number of ether oxygens (including phenoxy) is 4. The summed E-state index contributed by atoms with van der Waals surface area (Å²) in [6.45, 7) is 1.85. The molecule has 4 rings (SSSR count). The summed E-state index contributed by atoms with van der Waals surface area (Å²) in [4.78, 5) is 25.0. The highest BCUT2D eigenvalue weighted by Gasteiger charge is 2.45. The van der Waals surface area contributed by atoms with E-state index in [-0.39, 0.29) is 35.3 Å². The molecule has 2 aromatic rings. The summed E-state index contributed by atoms with van der Waals surface area (Å²) in [5.41, 5.74) is 0.987. The van der Waals surface area contributed by atoms with E-state index in [4.69, 9.17) is 18.9 Å². The molecule has 0 N–H and O–H groups in total. The average molecular weight is 478 g/mol. The van der Waals surface area contributed by atoms with Crippen molar-refractivity contribution in [2.24, 2.45) is 0 Å². The zero-order chi connectivity index (χ0) is 24.6. The van der Waals surface area contributed by atoms with Gasteiger partial charge in [-0.25, -0.2) is 4.79 Å². The van der Waals surface area contributed by atoms with Crippen LogP contribution in [0.3, 0.4) is 0 Å². The van der Waals surface area contributed by atoms with Crippen LogP contribution in [0.25, 0.3) is 11.3 Å². The zero-order valence-electron chi connectivity index (χ0n) is 19.6. The molecule has 1 fully saturated rings. The standard InChI is InChI=1S/C24H28F2N2O6/c1-24(2)7-6-17-14-10-20(33-9-5-8-31-3)21(34-23(25)26)11-15(14)18-12-19(29)16(22(30)32-4)13-27(18)28(17)24/h10-13,17,23H,5-9H2,1-4H3. The van der Waals surface area contributed by atoms with Crippen molar-refractivity contribution < 1.29 is 32.5 Å². The lowest BCUT2D eigenvalue weighted by Gasteiger charge is -2.44. The number of pyridine rings is 1. The number of benzene rings is 1. The number of carbonyl (C=O) groups is 1. The summed E-state index contributed by atoms with van der Waals surface area (Å²) in [6, 6.07) is 4.42. The number of nitrogens with zero attached hydrogens (tertiary/aromatic N) is 2. The molecule has 1 saturated heterocycles. The van der Waals surface area contributed by atoms with E-state index in [2.05, 4.69) is 18.9 Å². The van der Waals surface area contributed by atoms with Crippen LogP contribution in [0.1, 0.15) is 55.1 Å². The highest BCUT2D eigenvalue weighted by atomic mass is 19.3. The predicted octanol–water partition coefficient (Wildman–Crippen LogP) is 3.88. The van der Waals surface area contributed by atoms with E-state index in [1.54, 1.807) is 17.9 Å². The van der Waals surface area contributed by atoms with Crippen LogP contribution in [0.4, 0.5) is 8.78 Å².